The van der Waals surface area contributed by atoms with Crippen LogP contribution in [0.1, 0.15) is 26.2 Å². The van der Waals surface area contributed by atoms with Gasteiger partial charge in [-0.25, -0.2) is 4.39 Å². The van der Waals surface area contributed by atoms with E-state index >= 15 is 0 Å². The second kappa shape index (κ2) is 5.55. The molecule has 0 radical (unpaired) electrons. The molecule has 2 unspecified atom stereocenters. The van der Waals surface area contributed by atoms with Crippen LogP contribution < -0.4 is 5.32 Å². The summed E-state index contributed by atoms with van der Waals surface area (Å²) in [6, 6.07) is 0.372. The van der Waals surface area contributed by atoms with Crippen molar-refractivity contribution in [1.82, 2.24) is 10.2 Å². The molecule has 1 saturated heterocycles. The largest absolute Gasteiger partial charge is 0.310 e. The van der Waals surface area contributed by atoms with Gasteiger partial charge < -0.3 is 10.2 Å². The van der Waals surface area contributed by atoms with Gasteiger partial charge >= 0.3 is 0 Å². The van der Waals surface area contributed by atoms with Gasteiger partial charge in [0.2, 0.25) is 0 Å². The van der Waals surface area contributed by atoms with Gasteiger partial charge in [-0.05, 0) is 26.4 Å². The second-order valence-electron chi connectivity index (χ2n) is 4.05. The van der Waals surface area contributed by atoms with Gasteiger partial charge in [0.05, 0.1) is 0 Å². The lowest BCUT2D eigenvalue weighted by Crippen LogP contribution is -2.35. The van der Waals surface area contributed by atoms with E-state index in [0.29, 0.717) is 19.0 Å². The third-order valence-electron chi connectivity index (χ3n) is 2.59. The molecule has 0 spiro atoms. The van der Waals surface area contributed by atoms with Gasteiger partial charge in [0.15, 0.2) is 0 Å². The molecule has 0 amide bonds. The molecule has 1 N–H and O–H groups in total. The van der Waals surface area contributed by atoms with Crippen molar-refractivity contribution in [3.05, 3.63) is 0 Å². The molecule has 0 aromatic carbocycles. The number of hydrogen-bond donors (Lipinski definition) is 1. The Bertz CT molecular complexity index is 141. The Labute approximate surface area is 80.5 Å². The minimum absolute atomic E-state index is 0.372. The van der Waals surface area contributed by atoms with Crippen molar-refractivity contribution < 1.29 is 4.39 Å². The maximum atomic E-state index is 12.8. The molecule has 0 aliphatic carbocycles. The highest BCUT2D eigenvalue weighted by molar-refractivity contribution is 4.83. The van der Waals surface area contributed by atoms with Gasteiger partial charge in [-0.3, -0.25) is 0 Å². The van der Waals surface area contributed by atoms with Crippen molar-refractivity contribution in [2.45, 2.75) is 38.4 Å². The normalized spacial score (nSPS) is 28.6. The molecule has 1 aliphatic heterocycles. The van der Waals surface area contributed by atoms with Crippen molar-refractivity contribution in [3.8, 4) is 0 Å². The summed E-state index contributed by atoms with van der Waals surface area (Å²) in [7, 11) is 2.11. The fourth-order valence-electron chi connectivity index (χ4n) is 1.80. The molecule has 13 heavy (non-hydrogen) atoms. The summed E-state index contributed by atoms with van der Waals surface area (Å²) >= 11 is 0. The zero-order chi connectivity index (χ0) is 9.68. The van der Waals surface area contributed by atoms with Crippen LogP contribution in [-0.4, -0.2) is 43.8 Å². The lowest BCUT2D eigenvalue weighted by molar-refractivity contribution is 0.286. The maximum absolute atomic E-state index is 12.8. The van der Waals surface area contributed by atoms with E-state index in [-0.39, 0.29) is 0 Å². The summed E-state index contributed by atoms with van der Waals surface area (Å²) < 4.78 is 12.8. The van der Waals surface area contributed by atoms with Gasteiger partial charge in [0, 0.05) is 19.1 Å². The Hall–Kier alpha value is -0.150. The fraction of sp³-hybridized carbons (Fsp3) is 1.00. The lowest BCUT2D eigenvalue weighted by Gasteiger charge is -2.20. The van der Waals surface area contributed by atoms with Gasteiger partial charge in [0.1, 0.15) is 6.17 Å². The summed E-state index contributed by atoms with van der Waals surface area (Å²) in [4.78, 5) is 2.29. The van der Waals surface area contributed by atoms with E-state index in [2.05, 4.69) is 24.2 Å². The first-order chi connectivity index (χ1) is 6.22. The Morgan fingerprint density at radius 2 is 2.31 bits per heavy atom. The molecule has 78 valence electrons. The van der Waals surface area contributed by atoms with Crippen LogP contribution in [0.4, 0.5) is 4.39 Å². The van der Waals surface area contributed by atoms with Crippen molar-refractivity contribution in [3.63, 3.8) is 0 Å². The van der Waals surface area contributed by atoms with Crippen LogP contribution in [0.5, 0.6) is 0 Å². The van der Waals surface area contributed by atoms with E-state index in [9.17, 15) is 4.39 Å². The molecule has 1 heterocycles. The zero-order valence-electron chi connectivity index (χ0n) is 8.72. The number of halogens is 1. The van der Waals surface area contributed by atoms with E-state index in [1.54, 1.807) is 0 Å². The Morgan fingerprint density at radius 1 is 1.54 bits per heavy atom. The summed E-state index contributed by atoms with van der Waals surface area (Å²) in [5.74, 6) is 0. The van der Waals surface area contributed by atoms with E-state index < -0.39 is 6.17 Å². The molecular weight excluding hydrogens is 167 g/mol. The van der Waals surface area contributed by atoms with Crippen LogP contribution >= 0.6 is 0 Å². The fourth-order valence-corrected chi connectivity index (χ4v) is 1.80. The summed E-state index contributed by atoms with van der Waals surface area (Å²) in [6.07, 6.45) is 2.54. The van der Waals surface area contributed by atoms with Crippen molar-refractivity contribution in [1.29, 1.82) is 0 Å². The molecule has 1 fully saturated rings. The van der Waals surface area contributed by atoms with E-state index in [1.807, 2.05) is 0 Å². The molecule has 1 aliphatic rings. The number of alkyl halides is 1. The highest BCUT2D eigenvalue weighted by Crippen LogP contribution is 2.10. The van der Waals surface area contributed by atoms with Gasteiger partial charge in [-0.1, -0.05) is 13.3 Å². The molecule has 0 bridgehead atoms. The van der Waals surface area contributed by atoms with E-state index in [1.165, 1.54) is 12.8 Å². The number of unbranched alkanes of at least 4 members (excludes halogenated alkanes) is 1. The quantitative estimate of drug-likeness (QED) is 0.702. The third-order valence-corrected chi connectivity index (χ3v) is 2.59. The monoisotopic (exact) mass is 188 g/mol. The van der Waals surface area contributed by atoms with E-state index in [0.717, 1.165) is 13.1 Å². The maximum Gasteiger partial charge on any atom is 0.114 e. The number of nitrogens with zero attached hydrogens (tertiary/aromatic N) is 1. The predicted molar refractivity (Wildman–Crippen MR) is 53.7 cm³/mol. The van der Waals surface area contributed by atoms with Crippen molar-refractivity contribution >= 4 is 0 Å². The smallest absolute Gasteiger partial charge is 0.114 e. The average molecular weight is 188 g/mol. The molecule has 0 aromatic heterocycles. The number of hydrogen-bond acceptors (Lipinski definition) is 2. The minimum Gasteiger partial charge on any atom is -0.310 e. The first-order valence-corrected chi connectivity index (χ1v) is 5.28. The number of rotatable bonds is 5. The van der Waals surface area contributed by atoms with Crippen molar-refractivity contribution in [2.24, 2.45) is 0 Å². The Morgan fingerprint density at radius 3 is 2.85 bits per heavy atom. The summed E-state index contributed by atoms with van der Waals surface area (Å²) in [5, 5.41) is 3.20. The number of likely N-dealkylation sites (N-methyl/N-ethyl adjacent to an activating group) is 1. The highest BCUT2D eigenvalue weighted by Gasteiger charge is 2.23. The topological polar surface area (TPSA) is 15.3 Å². The van der Waals surface area contributed by atoms with Crippen molar-refractivity contribution in [2.75, 3.05) is 26.7 Å². The first kappa shape index (κ1) is 10.9. The van der Waals surface area contributed by atoms with Crippen LogP contribution in [0.2, 0.25) is 0 Å². The number of nitrogens with one attached hydrogen (secondary N) is 1. The van der Waals surface area contributed by atoms with Crippen LogP contribution in [0.3, 0.4) is 0 Å². The predicted octanol–water partition coefficient (Wildman–Crippen LogP) is 1.42. The molecule has 0 aromatic rings. The molecular formula is C10H21FN2. The van der Waals surface area contributed by atoms with Gasteiger partial charge in [-0.15, -0.1) is 0 Å². The van der Waals surface area contributed by atoms with Crippen LogP contribution in [0.25, 0.3) is 0 Å². The Kier molecular flexibility index (Phi) is 4.67. The van der Waals surface area contributed by atoms with Gasteiger partial charge in [0.25, 0.3) is 0 Å². The first-order valence-electron chi connectivity index (χ1n) is 5.28. The standard InChI is InChI=1S/C10H21FN2/c1-3-4-5-13(2)8-10-6-9(11)7-12-10/h9-10,12H,3-8H2,1-2H3. The van der Waals surface area contributed by atoms with Crippen LogP contribution in [-0.2, 0) is 0 Å². The summed E-state index contributed by atoms with van der Waals surface area (Å²) in [5.41, 5.74) is 0. The molecule has 2 atom stereocenters. The Balaban J connectivity index is 2.09. The molecule has 3 heteroatoms. The second-order valence-corrected chi connectivity index (χ2v) is 4.05. The highest BCUT2D eigenvalue weighted by atomic mass is 19.1. The third kappa shape index (κ3) is 4.05. The molecule has 2 nitrogen and oxygen atoms in total. The summed E-state index contributed by atoms with van der Waals surface area (Å²) in [6.45, 7) is 4.86. The van der Waals surface area contributed by atoms with Crippen LogP contribution in [0, 0.1) is 0 Å². The lowest BCUT2D eigenvalue weighted by atomic mass is 10.2. The SMILES string of the molecule is CCCCN(C)CC1CC(F)CN1. The zero-order valence-corrected chi connectivity index (χ0v) is 8.72. The molecule has 0 saturated carbocycles. The van der Waals surface area contributed by atoms with E-state index in [4.69, 9.17) is 0 Å². The van der Waals surface area contributed by atoms with Crippen LogP contribution in [0.15, 0.2) is 0 Å². The minimum atomic E-state index is -0.621. The average Bonchev–Trinajstić information content (AvgIpc) is 2.48. The van der Waals surface area contributed by atoms with Gasteiger partial charge in [-0.2, -0.15) is 0 Å². The molecule has 1 rings (SSSR count).